The van der Waals surface area contributed by atoms with E-state index >= 15 is 0 Å². The summed E-state index contributed by atoms with van der Waals surface area (Å²) in [5, 5.41) is 0. The van der Waals surface area contributed by atoms with Crippen LogP contribution in [0.5, 0.6) is 0 Å². The van der Waals surface area contributed by atoms with Crippen LogP contribution >= 0.6 is 0 Å². The molecule has 0 bridgehead atoms. The number of allylic oxidation sites excluding steroid dienone is 1. The van der Waals surface area contributed by atoms with Gasteiger partial charge in [0.25, 0.3) is 0 Å². The van der Waals surface area contributed by atoms with Crippen LogP contribution in [0.2, 0.25) is 0 Å². The summed E-state index contributed by atoms with van der Waals surface area (Å²) in [6.45, 7) is 7.16. The van der Waals surface area contributed by atoms with Crippen molar-refractivity contribution in [2.75, 3.05) is 0 Å². The van der Waals surface area contributed by atoms with E-state index in [-0.39, 0.29) is 0 Å². The third-order valence-electron chi connectivity index (χ3n) is 0.591. The van der Waals surface area contributed by atoms with E-state index in [9.17, 15) is 0 Å². The first-order valence-electron chi connectivity index (χ1n) is 2.27. The van der Waals surface area contributed by atoms with Gasteiger partial charge in [0, 0.05) is 0 Å². The molecule has 34 valence electrons. The molecule has 0 saturated carbocycles. The van der Waals surface area contributed by atoms with Crippen molar-refractivity contribution >= 4 is 0 Å². The zero-order chi connectivity index (χ0) is 4.83. The fraction of sp³-hybridized carbons (Fsp3) is 0.500. The maximum Gasteiger partial charge on any atom is -0.0316 e. The van der Waals surface area contributed by atoms with E-state index in [4.69, 9.17) is 6.58 Å². The fourth-order valence-electron chi connectivity index (χ4n) is 0.263. The van der Waals surface area contributed by atoms with Crippen LogP contribution in [0.3, 0.4) is 0 Å². The normalized spacial score (nSPS) is 8.17. The van der Waals surface area contributed by atoms with Crippen molar-refractivity contribution in [3.05, 3.63) is 19.1 Å². The summed E-state index contributed by atoms with van der Waals surface area (Å²) in [5.74, 6) is 0. The second-order valence-corrected chi connectivity index (χ2v) is 1.17. The number of unbranched alkanes of at least 4 members (excludes halogenated alkanes) is 2. The molecule has 0 nitrogen and oxygen atoms in total. The molecule has 0 fully saturated rings. The van der Waals surface area contributed by atoms with E-state index in [2.05, 4.69) is 13.3 Å². The summed E-state index contributed by atoms with van der Waals surface area (Å²) in [5.41, 5.74) is 0. The Bertz CT molecular complexity index is 29.0. The van der Waals surface area contributed by atoms with E-state index < -0.39 is 0 Å². The van der Waals surface area contributed by atoms with Crippen LogP contribution in [0.25, 0.3) is 0 Å². The van der Waals surface area contributed by atoms with Crippen LogP contribution in [0.1, 0.15) is 19.8 Å². The highest BCUT2D eigenvalue weighted by atomic mass is 13.8. The third-order valence-corrected chi connectivity index (χ3v) is 0.591. The molecule has 0 aliphatic carbocycles. The highest BCUT2D eigenvalue weighted by molar-refractivity contribution is 4.73. The molecular formula is C6H10. The van der Waals surface area contributed by atoms with Crippen LogP contribution in [-0.2, 0) is 0 Å². The van der Waals surface area contributed by atoms with Crippen LogP contribution in [0.15, 0.2) is 6.08 Å². The van der Waals surface area contributed by atoms with Crippen molar-refractivity contribution in [3.63, 3.8) is 0 Å². The Morgan fingerprint density at radius 2 is 2.33 bits per heavy atom. The minimum absolute atomic E-state index is 0.941. The Morgan fingerprint density at radius 1 is 1.67 bits per heavy atom. The van der Waals surface area contributed by atoms with Crippen molar-refractivity contribution in [3.8, 4) is 0 Å². The maximum absolute atomic E-state index is 5.06. The lowest BCUT2D eigenvalue weighted by Crippen LogP contribution is -1.64. The second kappa shape index (κ2) is 4.74. The fourth-order valence-corrected chi connectivity index (χ4v) is 0.263. The first-order valence-corrected chi connectivity index (χ1v) is 2.27. The molecule has 0 rings (SSSR count). The number of rotatable bonds is 3. The van der Waals surface area contributed by atoms with Gasteiger partial charge in [-0.15, -0.1) is 0 Å². The van der Waals surface area contributed by atoms with Gasteiger partial charge >= 0.3 is 0 Å². The highest BCUT2D eigenvalue weighted by Crippen LogP contribution is 1.89. The molecule has 0 saturated heterocycles. The summed E-state index contributed by atoms with van der Waals surface area (Å²) in [4.78, 5) is 0. The molecule has 0 unspecified atom stereocenters. The number of hydrogen-bond acceptors (Lipinski definition) is 0. The molecule has 0 atom stereocenters. The molecule has 0 spiro atoms. The molecular weight excluding hydrogens is 72.1 g/mol. The van der Waals surface area contributed by atoms with E-state index in [1.54, 1.807) is 6.08 Å². The molecule has 0 aromatic rings. The SMILES string of the molecule is [CH]=CC[CH]CC. The molecule has 0 aromatic heterocycles. The first-order chi connectivity index (χ1) is 2.91. The van der Waals surface area contributed by atoms with Crippen molar-refractivity contribution in [1.82, 2.24) is 0 Å². The molecule has 0 heterocycles. The van der Waals surface area contributed by atoms with E-state index in [1.807, 2.05) is 0 Å². The standard InChI is InChI=1S/C6H10/c1-3-5-6-4-2/h1,3,6H,4-5H2,2H3. The van der Waals surface area contributed by atoms with Crippen LogP contribution in [-0.4, -0.2) is 0 Å². The summed E-state index contributed by atoms with van der Waals surface area (Å²) < 4.78 is 0. The Morgan fingerprint density at radius 3 is 2.50 bits per heavy atom. The quantitative estimate of drug-likeness (QED) is 0.457. The van der Waals surface area contributed by atoms with Crippen LogP contribution < -0.4 is 0 Å². The van der Waals surface area contributed by atoms with Gasteiger partial charge in [-0.25, -0.2) is 0 Å². The van der Waals surface area contributed by atoms with Crippen molar-refractivity contribution in [2.24, 2.45) is 0 Å². The van der Waals surface area contributed by atoms with Gasteiger partial charge in [-0.1, -0.05) is 26.0 Å². The van der Waals surface area contributed by atoms with Gasteiger partial charge in [0.1, 0.15) is 0 Å². The van der Waals surface area contributed by atoms with Crippen molar-refractivity contribution in [2.45, 2.75) is 19.8 Å². The predicted molar refractivity (Wildman–Crippen MR) is 28.1 cm³/mol. The summed E-state index contributed by atoms with van der Waals surface area (Å²) in [6, 6.07) is 0. The van der Waals surface area contributed by atoms with Gasteiger partial charge in [0.2, 0.25) is 0 Å². The second-order valence-electron chi connectivity index (χ2n) is 1.17. The molecule has 0 aliphatic heterocycles. The smallest absolute Gasteiger partial charge is 0.0316 e. The molecule has 0 N–H and O–H groups in total. The molecule has 0 amide bonds. The molecule has 0 aliphatic rings. The van der Waals surface area contributed by atoms with Gasteiger partial charge in [-0.3, -0.25) is 0 Å². The molecule has 0 aromatic carbocycles. The zero-order valence-corrected chi connectivity index (χ0v) is 4.15. The first kappa shape index (κ1) is 5.74. The third kappa shape index (κ3) is 3.74. The van der Waals surface area contributed by atoms with Gasteiger partial charge in [-0.05, 0) is 12.8 Å². The molecule has 6 heavy (non-hydrogen) atoms. The summed E-state index contributed by atoms with van der Waals surface area (Å²) in [6.07, 6.45) is 5.84. The Hall–Kier alpha value is -0.260. The van der Waals surface area contributed by atoms with Crippen LogP contribution in [0.4, 0.5) is 0 Å². The minimum atomic E-state index is 0.941. The van der Waals surface area contributed by atoms with E-state index in [0.717, 1.165) is 12.8 Å². The lowest BCUT2D eigenvalue weighted by Gasteiger charge is -1.81. The zero-order valence-electron chi connectivity index (χ0n) is 4.15. The topological polar surface area (TPSA) is 0 Å². The van der Waals surface area contributed by atoms with Gasteiger partial charge < -0.3 is 0 Å². The largest absolute Gasteiger partial charge is 0.0843 e. The molecule has 2 radical (unpaired) electrons. The highest BCUT2D eigenvalue weighted by Gasteiger charge is 1.72. The van der Waals surface area contributed by atoms with E-state index in [0.29, 0.717) is 0 Å². The van der Waals surface area contributed by atoms with Gasteiger partial charge in [0.05, 0.1) is 0 Å². The lowest BCUT2D eigenvalue weighted by molar-refractivity contribution is 1.03. The minimum Gasteiger partial charge on any atom is -0.0843 e. The summed E-state index contributed by atoms with van der Waals surface area (Å²) in [7, 11) is 0. The monoisotopic (exact) mass is 82.1 g/mol. The number of hydrogen-bond donors (Lipinski definition) is 0. The lowest BCUT2D eigenvalue weighted by atomic mass is 10.3. The van der Waals surface area contributed by atoms with Gasteiger partial charge in [0.15, 0.2) is 0 Å². The van der Waals surface area contributed by atoms with E-state index in [1.165, 1.54) is 0 Å². The Kier molecular flexibility index (Phi) is 4.53. The maximum atomic E-state index is 5.06. The van der Waals surface area contributed by atoms with Crippen molar-refractivity contribution < 1.29 is 0 Å². The van der Waals surface area contributed by atoms with Gasteiger partial charge in [-0.2, -0.15) is 0 Å². The average molecular weight is 82.1 g/mol. The summed E-state index contributed by atoms with van der Waals surface area (Å²) >= 11 is 0. The average Bonchev–Trinajstić information content (AvgIpc) is 1.61. The molecule has 0 heteroatoms. The predicted octanol–water partition coefficient (Wildman–Crippen LogP) is 1.98. The van der Waals surface area contributed by atoms with Crippen LogP contribution in [0, 0.1) is 13.0 Å². The Labute approximate surface area is 39.9 Å². The van der Waals surface area contributed by atoms with Crippen molar-refractivity contribution in [1.29, 1.82) is 0 Å². The Balaban J connectivity index is 2.49.